The van der Waals surface area contributed by atoms with Gasteiger partial charge in [0.15, 0.2) is 0 Å². The van der Waals surface area contributed by atoms with Crippen molar-refractivity contribution in [3.05, 3.63) is 35.9 Å². The molecule has 0 saturated carbocycles. The van der Waals surface area contributed by atoms with Crippen molar-refractivity contribution in [1.29, 1.82) is 0 Å². The highest BCUT2D eigenvalue weighted by Gasteiger charge is 2.28. The van der Waals surface area contributed by atoms with Crippen molar-refractivity contribution in [1.82, 2.24) is 5.32 Å². The van der Waals surface area contributed by atoms with Gasteiger partial charge in [0.05, 0.1) is 6.42 Å². The van der Waals surface area contributed by atoms with Crippen LogP contribution in [0.4, 0.5) is 0 Å². The highest BCUT2D eigenvalue weighted by atomic mass is 16.4. The minimum Gasteiger partial charge on any atom is -0.481 e. The van der Waals surface area contributed by atoms with E-state index in [2.05, 4.69) is 5.32 Å². The Kier molecular flexibility index (Phi) is 5.74. The zero-order valence-electron chi connectivity index (χ0n) is 12.3. The lowest BCUT2D eigenvalue weighted by atomic mass is 9.84. The molecule has 1 atom stereocenters. The van der Waals surface area contributed by atoms with Crippen molar-refractivity contribution in [3.8, 4) is 0 Å². The van der Waals surface area contributed by atoms with E-state index >= 15 is 0 Å². The number of carboxylic acids is 1. The van der Waals surface area contributed by atoms with Gasteiger partial charge in [-0.15, -0.1) is 0 Å². The van der Waals surface area contributed by atoms with Gasteiger partial charge >= 0.3 is 5.97 Å². The molecule has 1 aromatic rings. The Hall–Kier alpha value is -1.84. The second-order valence-electron chi connectivity index (χ2n) is 6.07. The van der Waals surface area contributed by atoms with Crippen molar-refractivity contribution in [2.75, 3.05) is 0 Å². The van der Waals surface area contributed by atoms with Gasteiger partial charge in [-0.25, -0.2) is 0 Å². The fourth-order valence-corrected chi connectivity index (χ4v) is 1.92. The monoisotopic (exact) mass is 277 g/mol. The fraction of sp³-hybridized carbons (Fsp3) is 0.500. The van der Waals surface area contributed by atoms with Gasteiger partial charge in [-0.1, -0.05) is 51.1 Å². The first kappa shape index (κ1) is 16.2. The Labute approximate surface area is 120 Å². The SMILES string of the molecule is CC(C)(C)C(CC(=O)O)NC(=O)CCc1ccccc1. The van der Waals surface area contributed by atoms with Gasteiger partial charge in [0.2, 0.25) is 5.91 Å². The van der Waals surface area contributed by atoms with E-state index in [0.717, 1.165) is 5.56 Å². The molecule has 0 fully saturated rings. The lowest BCUT2D eigenvalue weighted by Crippen LogP contribution is -2.45. The fourth-order valence-electron chi connectivity index (χ4n) is 1.92. The summed E-state index contributed by atoms with van der Waals surface area (Å²) in [7, 11) is 0. The minimum absolute atomic E-state index is 0.0550. The van der Waals surface area contributed by atoms with E-state index < -0.39 is 5.97 Å². The number of carbonyl (C=O) groups is 2. The molecular formula is C16H23NO3. The van der Waals surface area contributed by atoms with E-state index in [1.54, 1.807) is 0 Å². The normalized spacial score (nSPS) is 12.8. The number of carbonyl (C=O) groups excluding carboxylic acids is 1. The third-order valence-corrected chi connectivity index (χ3v) is 3.24. The van der Waals surface area contributed by atoms with E-state index in [1.165, 1.54) is 0 Å². The summed E-state index contributed by atoms with van der Waals surface area (Å²) in [5, 5.41) is 11.8. The van der Waals surface area contributed by atoms with Crippen LogP contribution in [0.1, 0.15) is 39.2 Å². The maximum absolute atomic E-state index is 12.0. The lowest BCUT2D eigenvalue weighted by molar-refractivity contribution is -0.138. The first-order valence-electron chi connectivity index (χ1n) is 6.84. The van der Waals surface area contributed by atoms with Crippen LogP contribution in [0.3, 0.4) is 0 Å². The van der Waals surface area contributed by atoms with Gasteiger partial charge in [-0.3, -0.25) is 9.59 Å². The molecule has 4 heteroatoms. The highest BCUT2D eigenvalue weighted by molar-refractivity contribution is 5.77. The molecule has 1 unspecified atom stereocenters. The van der Waals surface area contributed by atoms with Crippen molar-refractivity contribution < 1.29 is 14.7 Å². The van der Waals surface area contributed by atoms with Gasteiger partial charge in [0, 0.05) is 12.5 Å². The van der Waals surface area contributed by atoms with Crippen LogP contribution >= 0.6 is 0 Å². The van der Waals surface area contributed by atoms with Crippen LogP contribution in [-0.4, -0.2) is 23.0 Å². The molecule has 1 amide bonds. The second-order valence-corrected chi connectivity index (χ2v) is 6.07. The molecular weight excluding hydrogens is 254 g/mol. The predicted molar refractivity (Wildman–Crippen MR) is 78.4 cm³/mol. The van der Waals surface area contributed by atoms with Crippen LogP contribution in [0.25, 0.3) is 0 Å². The molecule has 0 spiro atoms. The van der Waals surface area contributed by atoms with Gasteiger partial charge in [0.1, 0.15) is 0 Å². The number of rotatable bonds is 6. The Morgan fingerprint density at radius 2 is 1.80 bits per heavy atom. The van der Waals surface area contributed by atoms with Crippen LogP contribution in [0.5, 0.6) is 0 Å². The maximum atomic E-state index is 12.0. The maximum Gasteiger partial charge on any atom is 0.305 e. The molecule has 2 N–H and O–H groups in total. The molecule has 0 aliphatic carbocycles. The Morgan fingerprint density at radius 1 is 1.20 bits per heavy atom. The summed E-state index contributed by atoms with van der Waals surface area (Å²) < 4.78 is 0. The first-order valence-corrected chi connectivity index (χ1v) is 6.84. The average molecular weight is 277 g/mol. The number of hydrogen-bond donors (Lipinski definition) is 2. The van der Waals surface area contributed by atoms with E-state index in [0.29, 0.717) is 12.8 Å². The minimum atomic E-state index is -0.895. The summed E-state index contributed by atoms with van der Waals surface area (Å²) in [6.45, 7) is 5.79. The van der Waals surface area contributed by atoms with Gasteiger partial charge in [-0.2, -0.15) is 0 Å². The molecule has 0 bridgehead atoms. The zero-order valence-corrected chi connectivity index (χ0v) is 12.3. The summed E-state index contributed by atoms with van der Waals surface area (Å²) in [4.78, 5) is 22.8. The molecule has 0 aromatic heterocycles. The van der Waals surface area contributed by atoms with Crippen molar-refractivity contribution in [3.63, 3.8) is 0 Å². The van der Waals surface area contributed by atoms with Crippen LogP contribution in [0.2, 0.25) is 0 Å². The Balaban J connectivity index is 2.52. The molecule has 1 rings (SSSR count). The second kappa shape index (κ2) is 7.08. The number of aliphatic carboxylic acids is 1. The van der Waals surface area contributed by atoms with Gasteiger partial charge in [0.25, 0.3) is 0 Å². The molecule has 0 heterocycles. The number of amides is 1. The average Bonchev–Trinajstić information content (AvgIpc) is 2.35. The molecule has 0 aliphatic rings. The highest BCUT2D eigenvalue weighted by Crippen LogP contribution is 2.22. The first-order chi connectivity index (χ1) is 9.29. The standard InChI is InChI=1S/C16H23NO3/c1-16(2,3)13(11-15(19)20)17-14(18)10-9-12-7-5-4-6-8-12/h4-8,13H,9-11H2,1-3H3,(H,17,18)(H,19,20). The summed E-state index contributed by atoms with van der Waals surface area (Å²) in [5.41, 5.74) is 0.828. The molecule has 0 radical (unpaired) electrons. The number of benzene rings is 1. The topological polar surface area (TPSA) is 66.4 Å². The van der Waals surface area contributed by atoms with Crippen molar-refractivity contribution in [2.24, 2.45) is 5.41 Å². The smallest absolute Gasteiger partial charge is 0.305 e. The van der Waals surface area contributed by atoms with Gasteiger partial charge in [-0.05, 0) is 17.4 Å². The Morgan fingerprint density at radius 3 is 2.30 bits per heavy atom. The number of aryl methyl sites for hydroxylation is 1. The third-order valence-electron chi connectivity index (χ3n) is 3.24. The molecule has 4 nitrogen and oxygen atoms in total. The van der Waals surface area contributed by atoms with E-state index in [1.807, 2.05) is 51.1 Å². The zero-order chi connectivity index (χ0) is 15.2. The van der Waals surface area contributed by atoms with Crippen LogP contribution in [-0.2, 0) is 16.0 Å². The summed E-state index contributed by atoms with van der Waals surface area (Å²) in [5.74, 6) is -0.997. The largest absolute Gasteiger partial charge is 0.481 e. The van der Waals surface area contributed by atoms with E-state index in [9.17, 15) is 9.59 Å². The summed E-state index contributed by atoms with van der Waals surface area (Å²) in [6.07, 6.45) is 0.980. The molecule has 0 saturated heterocycles. The van der Waals surface area contributed by atoms with Gasteiger partial charge < -0.3 is 10.4 Å². The molecule has 0 aliphatic heterocycles. The molecule has 1 aromatic carbocycles. The Bertz CT molecular complexity index is 449. The molecule has 20 heavy (non-hydrogen) atoms. The number of carboxylic acid groups (broad SMARTS) is 1. The van der Waals surface area contributed by atoms with E-state index in [4.69, 9.17) is 5.11 Å². The third kappa shape index (κ3) is 5.87. The summed E-state index contributed by atoms with van der Waals surface area (Å²) in [6, 6.07) is 9.41. The van der Waals surface area contributed by atoms with Crippen LogP contribution < -0.4 is 5.32 Å². The lowest BCUT2D eigenvalue weighted by Gasteiger charge is -2.30. The van der Waals surface area contributed by atoms with E-state index in [-0.39, 0.29) is 23.8 Å². The van der Waals surface area contributed by atoms with Crippen LogP contribution in [0, 0.1) is 5.41 Å². The summed E-state index contributed by atoms with van der Waals surface area (Å²) >= 11 is 0. The van der Waals surface area contributed by atoms with Crippen molar-refractivity contribution >= 4 is 11.9 Å². The predicted octanol–water partition coefficient (Wildman–Crippen LogP) is 2.62. The van der Waals surface area contributed by atoms with Crippen LogP contribution in [0.15, 0.2) is 30.3 Å². The van der Waals surface area contributed by atoms with Crippen molar-refractivity contribution in [2.45, 2.75) is 46.1 Å². The quantitative estimate of drug-likeness (QED) is 0.840. The molecule has 110 valence electrons. The number of nitrogens with one attached hydrogen (secondary N) is 1. The number of hydrogen-bond acceptors (Lipinski definition) is 2.